The van der Waals surface area contributed by atoms with Gasteiger partial charge in [0.05, 0.1) is 21.8 Å². The Morgan fingerprint density at radius 1 is 1.00 bits per heavy atom. The Hall–Kier alpha value is -2.95. The van der Waals surface area contributed by atoms with Gasteiger partial charge in [0.15, 0.2) is 27.3 Å². The smallest absolute Gasteiger partial charge is 0.255 e. The number of amides is 1. The maximum absolute atomic E-state index is 13.8. The first-order valence-electron chi connectivity index (χ1n) is 12.6. The summed E-state index contributed by atoms with van der Waals surface area (Å²) in [6, 6.07) is 8.88. The highest BCUT2D eigenvalue weighted by atomic mass is 35.5. The van der Waals surface area contributed by atoms with Gasteiger partial charge in [-0.25, -0.2) is 21.6 Å². The minimum absolute atomic E-state index is 0.00683. The molecule has 1 amide bonds. The summed E-state index contributed by atoms with van der Waals surface area (Å²) in [6.45, 7) is 1.01. The average Bonchev–Trinajstić information content (AvgIpc) is 3.19. The number of pyridine rings is 1. The lowest BCUT2D eigenvalue weighted by Crippen LogP contribution is -2.38. The zero-order valence-electron chi connectivity index (χ0n) is 20.7. The van der Waals surface area contributed by atoms with E-state index in [1.165, 1.54) is 18.2 Å². The number of aromatic nitrogens is 1. The van der Waals surface area contributed by atoms with Gasteiger partial charge < -0.3 is 10.1 Å². The normalized spacial score (nSPS) is 22.6. The largest absolute Gasteiger partial charge is 0.376 e. The van der Waals surface area contributed by atoms with Crippen LogP contribution in [0, 0.1) is 35.2 Å². The number of anilines is 1. The van der Waals surface area contributed by atoms with Crippen molar-refractivity contribution in [2.24, 2.45) is 17.8 Å². The third kappa shape index (κ3) is 5.83. The van der Waals surface area contributed by atoms with Crippen LogP contribution in [-0.2, 0) is 21.2 Å². The van der Waals surface area contributed by atoms with Gasteiger partial charge in [-0.05, 0) is 79.3 Å². The van der Waals surface area contributed by atoms with Crippen molar-refractivity contribution in [1.82, 2.24) is 4.98 Å². The van der Waals surface area contributed by atoms with Crippen LogP contribution in [0.3, 0.4) is 0 Å². The van der Waals surface area contributed by atoms with E-state index in [1.807, 2.05) is 12.1 Å². The Morgan fingerprint density at radius 3 is 2.28 bits per heavy atom. The molecular weight excluding hydrogens is 553 g/mol. The van der Waals surface area contributed by atoms with Crippen molar-refractivity contribution < 1.29 is 31.1 Å². The summed E-state index contributed by atoms with van der Waals surface area (Å²) in [7, 11) is -3.89. The van der Waals surface area contributed by atoms with Gasteiger partial charge in [-0.2, -0.15) is 0 Å². The molecule has 0 saturated heterocycles. The number of nitrogens with zero attached hydrogens (tertiary/aromatic N) is 1. The van der Waals surface area contributed by atoms with Gasteiger partial charge in [-0.15, -0.1) is 0 Å². The molecule has 0 aliphatic heterocycles. The summed E-state index contributed by atoms with van der Waals surface area (Å²) < 4.78 is 73.9. The number of hydrogen-bond acceptors (Lipinski definition) is 5. The fourth-order valence-corrected chi connectivity index (χ4v) is 8.78. The molecule has 2 aromatic carbocycles. The van der Waals surface area contributed by atoms with E-state index in [0.717, 1.165) is 31.2 Å². The van der Waals surface area contributed by atoms with Crippen LogP contribution >= 0.6 is 11.6 Å². The van der Waals surface area contributed by atoms with E-state index >= 15 is 0 Å². The molecule has 206 valence electrons. The molecule has 0 radical (unpaired) electrons. The lowest BCUT2D eigenvalue weighted by molar-refractivity contribution is 0.0626. The summed E-state index contributed by atoms with van der Waals surface area (Å²) in [5.74, 6) is -5.25. The van der Waals surface area contributed by atoms with Crippen molar-refractivity contribution in [2.45, 2.75) is 42.4 Å². The van der Waals surface area contributed by atoms with Gasteiger partial charge in [0.2, 0.25) is 0 Å². The van der Waals surface area contributed by atoms with Crippen LogP contribution in [0.4, 0.5) is 18.9 Å². The third-order valence-electron chi connectivity index (χ3n) is 7.58. The second-order valence-corrected chi connectivity index (χ2v) is 12.6. The molecule has 2 saturated carbocycles. The first-order chi connectivity index (χ1) is 18.6. The van der Waals surface area contributed by atoms with Crippen LogP contribution < -0.4 is 5.32 Å². The van der Waals surface area contributed by atoms with Crippen LogP contribution in [0.5, 0.6) is 0 Å². The van der Waals surface area contributed by atoms with Gasteiger partial charge >= 0.3 is 0 Å². The van der Waals surface area contributed by atoms with Crippen LogP contribution in [-0.4, -0.2) is 31.2 Å². The first kappa shape index (κ1) is 27.6. The van der Waals surface area contributed by atoms with E-state index in [2.05, 4.69) is 10.3 Å². The SMILES string of the molecule is O=C(Nc1cc(F)c(F)c(F)c1)c1ccc(Cl)c(S(=O)(=O)[C@H]2C3CCC2C[C@H](COCc2ccncc2)C3)c1. The average molecular weight is 579 g/mol. The number of halogens is 4. The zero-order chi connectivity index (χ0) is 27.7. The maximum atomic E-state index is 13.8. The molecule has 2 fully saturated rings. The molecule has 11 heteroatoms. The van der Waals surface area contributed by atoms with Gasteiger partial charge in [-0.1, -0.05) is 11.6 Å². The van der Waals surface area contributed by atoms with Gasteiger partial charge in [0.1, 0.15) is 0 Å². The van der Waals surface area contributed by atoms with Crippen LogP contribution in [0.1, 0.15) is 41.6 Å². The zero-order valence-corrected chi connectivity index (χ0v) is 22.3. The molecule has 2 atom stereocenters. The van der Waals surface area contributed by atoms with Crippen molar-refractivity contribution in [3.05, 3.63) is 88.5 Å². The summed E-state index contributed by atoms with van der Waals surface area (Å²) in [6.07, 6.45) is 6.43. The summed E-state index contributed by atoms with van der Waals surface area (Å²) >= 11 is 6.32. The number of nitrogens with one attached hydrogen (secondary N) is 1. The molecule has 2 unspecified atom stereocenters. The van der Waals surface area contributed by atoms with Crippen molar-refractivity contribution in [2.75, 3.05) is 11.9 Å². The number of hydrogen-bond donors (Lipinski definition) is 1. The summed E-state index contributed by atoms with van der Waals surface area (Å²) in [5, 5.41) is 1.64. The standard InChI is InChI=1S/C28H26ClF3N2O4S/c29-22-4-3-20(28(35)34-21-12-23(30)26(32)24(31)13-21)11-25(22)39(36,37)27-18-1-2-19(27)10-17(9-18)15-38-14-16-5-7-33-8-6-16/h3-8,11-13,17-19,27H,1-2,9-10,14-15H2,(H,34,35)/t17-,18?,19?,27+. The van der Waals surface area contributed by atoms with Crippen LogP contribution in [0.25, 0.3) is 0 Å². The highest BCUT2D eigenvalue weighted by Gasteiger charge is 2.50. The van der Waals surface area contributed by atoms with E-state index in [1.54, 1.807) is 12.4 Å². The number of carbonyl (C=O) groups is 1. The molecule has 1 N–H and O–H groups in total. The molecular formula is C28H26ClF3N2O4S. The Labute approximate surface area is 229 Å². The van der Waals surface area contributed by atoms with Crippen molar-refractivity contribution >= 4 is 33.0 Å². The fraction of sp³-hybridized carbons (Fsp3) is 0.357. The highest BCUT2D eigenvalue weighted by Crippen LogP contribution is 2.50. The first-order valence-corrected chi connectivity index (χ1v) is 14.5. The third-order valence-corrected chi connectivity index (χ3v) is 10.5. The van der Waals surface area contributed by atoms with Gasteiger partial charge in [0, 0.05) is 42.4 Å². The molecule has 39 heavy (non-hydrogen) atoms. The predicted molar refractivity (Wildman–Crippen MR) is 140 cm³/mol. The van der Waals surface area contributed by atoms with E-state index in [4.69, 9.17) is 16.3 Å². The molecule has 2 bridgehead atoms. The number of sulfone groups is 1. The number of benzene rings is 2. The highest BCUT2D eigenvalue weighted by molar-refractivity contribution is 7.92. The lowest BCUT2D eigenvalue weighted by Gasteiger charge is -2.35. The lowest BCUT2D eigenvalue weighted by atomic mass is 9.81. The number of fused-ring (bicyclic) bond motifs is 2. The Balaban J connectivity index is 1.29. The molecule has 1 aromatic heterocycles. The number of rotatable bonds is 8. The van der Waals surface area contributed by atoms with E-state index in [0.29, 0.717) is 25.3 Å². The molecule has 3 aromatic rings. The Bertz CT molecular complexity index is 1450. The quantitative estimate of drug-likeness (QED) is 0.322. The van der Waals surface area contributed by atoms with E-state index in [-0.39, 0.29) is 38.9 Å². The Morgan fingerprint density at radius 2 is 1.64 bits per heavy atom. The second kappa shape index (κ2) is 11.3. The number of ether oxygens (including phenoxy) is 1. The topological polar surface area (TPSA) is 85.4 Å². The molecule has 6 nitrogen and oxygen atoms in total. The minimum Gasteiger partial charge on any atom is -0.376 e. The summed E-state index contributed by atoms with van der Waals surface area (Å²) in [4.78, 5) is 16.6. The van der Waals surface area contributed by atoms with Crippen molar-refractivity contribution in [3.8, 4) is 0 Å². The predicted octanol–water partition coefficient (Wildman–Crippen LogP) is 6.20. The van der Waals surface area contributed by atoms with Crippen molar-refractivity contribution in [1.29, 1.82) is 0 Å². The minimum atomic E-state index is -3.89. The maximum Gasteiger partial charge on any atom is 0.255 e. The Kier molecular flexibility index (Phi) is 7.98. The monoisotopic (exact) mass is 578 g/mol. The van der Waals surface area contributed by atoms with Crippen molar-refractivity contribution in [3.63, 3.8) is 0 Å². The second-order valence-electron chi connectivity index (χ2n) is 10.2. The molecule has 1 heterocycles. The number of carbonyl (C=O) groups excluding carboxylic acids is 1. The molecule has 2 aliphatic rings. The van der Waals surface area contributed by atoms with Gasteiger partial charge in [-0.3, -0.25) is 9.78 Å². The molecule has 0 spiro atoms. The summed E-state index contributed by atoms with van der Waals surface area (Å²) in [5.41, 5.74) is 0.657. The van der Waals surface area contributed by atoms with E-state index in [9.17, 15) is 26.4 Å². The molecule has 2 aliphatic carbocycles. The van der Waals surface area contributed by atoms with Gasteiger partial charge in [0.25, 0.3) is 5.91 Å². The van der Waals surface area contributed by atoms with Crippen LogP contribution in [0.2, 0.25) is 5.02 Å². The van der Waals surface area contributed by atoms with E-state index < -0.39 is 38.4 Å². The van der Waals surface area contributed by atoms with Crippen LogP contribution in [0.15, 0.2) is 59.8 Å². The molecule has 5 rings (SSSR count). The fourth-order valence-electron chi connectivity index (χ4n) is 5.90.